The highest BCUT2D eigenvalue weighted by Crippen LogP contribution is 2.31. The van der Waals surface area contributed by atoms with E-state index in [1.165, 1.54) is 18.4 Å². The Kier molecular flexibility index (Phi) is 7.07. The summed E-state index contributed by atoms with van der Waals surface area (Å²) in [5, 5.41) is 15.5. The Morgan fingerprint density at radius 1 is 1.29 bits per heavy atom. The summed E-state index contributed by atoms with van der Waals surface area (Å²) in [7, 11) is 2.99. The van der Waals surface area contributed by atoms with E-state index in [4.69, 9.17) is 4.74 Å². The lowest BCUT2D eigenvalue weighted by Crippen LogP contribution is -2.47. The molecule has 0 atom stereocenters. The van der Waals surface area contributed by atoms with Gasteiger partial charge in [0.25, 0.3) is 0 Å². The van der Waals surface area contributed by atoms with Gasteiger partial charge in [-0.15, -0.1) is 10.2 Å². The molecule has 2 heterocycles. The van der Waals surface area contributed by atoms with E-state index in [1.54, 1.807) is 7.11 Å². The van der Waals surface area contributed by atoms with Crippen LogP contribution in [0.15, 0.2) is 0 Å². The van der Waals surface area contributed by atoms with Crippen LogP contribution in [-0.4, -0.2) is 56.0 Å². The summed E-state index contributed by atoms with van der Waals surface area (Å²) in [5.41, 5.74) is -0.517. The third kappa shape index (κ3) is 4.96. The maximum absolute atomic E-state index is 12.7. The number of rotatable bonds is 8. The molecule has 1 aliphatic heterocycles. The number of methoxy groups -OCH3 is 2. The minimum absolute atomic E-state index is 0.0666. The van der Waals surface area contributed by atoms with E-state index in [-0.39, 0.29) is 11.9 Å². The molecule has 8 nitrogen and oxygen atoms in total. The van der Waals surface area contributed by atoms with Gasteiger partial charge < -0.3 is 14.8 Å². The Labute approximate surface area is 145 Å². The average Bonchev–Trinajstić information content (AvgIpc) is 3.03. The zero-order valence-electron chi connectivity index (χ0n) is 14.1. The fourth-order valence-electron chi connectivity index (χ4n) is 2.74. The van der Waals surface area contributed by atoms with Gasteiger partial charge >= 0.3 is 5.97 Å². The standard InChI is InChI=1S/C15H24N4O4S/c1-22-10-15(6-8-16-9-7-15)13(21)17-14-19-18-11(24-14)4-3-5-12(20)23-2/h16H,3-10H2,1-2H3,(H,17,19,21). The molecule has 134 valence electrons. The summed E-state index contributed by atoms with van der Waals surface area (Å²) in [6.45, 7) is 1.99. The highest BCUT2D eigenvalue weighted by molar-refractivity contribution is 7.15. The topological polar surface area (TPSA) is 102 Å². The largest absolute Gasteiger partial charge is 0.469 e. The van der Waals surface area contributed by atoms with Crippen molar-refractivity contribution in [1.82, 2.24) is 15.5 Å². The molecule has 1 aliphatic rings. The molecule has 1 aromatic rings. The Morgan fingerprint density at radius 3 is 2.71 bits per heavy atom. The van der Waals surface area contributed by atoms with Crippen LogP contribution >= 0.6 is 11.3 Å². The fraction of sp³-hybridized carbons (Fsp3) is 0.733. The van der Waals surface area contributed by atoms with Crippen molar-refractivity contribution in [2.45, 2.75) is 32.1 Å². The third-order valence-electron chi connectivity index (χ3n) is 4.15. The number of nitrogens with one attached hydrogen (secondary N) is 2. The monoisotopic (exact) mass is 356 g/mol. The number of hydrogen-bond acceptors (Lipinski definition) is 8. The first kappa shape index (κ1) is 18.8. The summed E-state index contributed by atoms with van der Waals surface area (Å²) < 4.78 is 9.87. The van der Waals surface area contributed by atoms with E-state index < -0.39 is 5.41 Å². The molecule has 2 N–H and O–H groups in total. The highest BCUT2D eigenvalue weighted by atomic mass is 32.1. The van der Waals surface area contributed by atoms with Crippen LogP contribution in [0.25, 0.3) is 0 Å². The summed E-state index contributed by atoms with van der Waals surface area (Å²) >= 11 is 1.34. The lowest BCUT2D eigenvalue weighted by molar-refractivity contribution is -0.140. The van der Waals surface area contributed by atoms with Crippen molar-refractivity contribution < 1.29 is 19.1 Å². The van der Waals surface area contributed by atoms with E-state index in [1.807, 2.05) is 0 Å². The first-order valence-electron chi connectivity index (χ1n) is 8.00. The van der Waals surface area contributed by atoms with Crippen molar-refractivity contribution in [3.63, 3.8) is 0 Å². The van der Waals surface area contributed by atoms with Gasteiger partial charge in [0.2, 0.25) is 11.0 Å². The molecule has 0 saturated carbocycles. The van der Waals surface area contributed by atoms with Crippen molar-refractivity contribution in [2.24, 2.45) is 5.41 Å². The maximum atomic E-state index is 12.7. The summed E-state index contributed by atoms with van der Waals surface area (Å²) in [6, 6.07) is 0. The Balaban J connectivity index is 1.90. The third-order valence-corrected chi connectivity index (χ3v) is 5.05. The molecule has 0 bridgehead atoms. The molecule has 0 radical (unpaired) electrons. The smallest absolute Gasteiger partial charge is 0.305 e. The molecule has 0 aromatic carbocycles. The second-order valence-corrected chi connectivity index (χ2v) is 6.91. The molecule has 0 unspecified atom stereocenters. The second-order valence-electron chi connectivity index (χ2n) is 5.85. The molecule has 1 aromatic heterocycles. The highest BCUT2D eigenvalue weighted by Gasteiger charge is 2.40. The number of ether oxygens (including phenoxy) is 2. The first-order chi connectivity index (χ1) is 11.6. The van der Waals surface area contributed by atoms with Crippen LogP contribution < -0.4 is 10.6 Å². The van der Waals surface area contributed by atoms with E-state index in [9.17, 15) is 9.59 Å². The predicted octanol–water partition coefficient (Wildman–Crippen LogP) is 0.988. The Bertz CT molecular complexity index is 552. The lowest BCUT2D eigenvalue weighted by atomic mass is 9.79. The molecule has 1 fully saturated rings. The number of esters is 1. The van der Waals surface area contributed by atoms with Gasteiger partial charge in [-0.25, -0.2) is 0 Å². The maximum Gasteiger partial charge on any atom is 0.305 e. The number of aryl methyl sites for hydroxylation is 1. The van der Waals surface area contributed by atoms with Gasteiger partial charge in [0, 0.05) is 20.0 Å². The number of nitrogens with zero attached hydrogens (tertiary/aromatic N) is 2. The SMILES string of the molecule is COCC1(C(=O)Nc2nnc(CCCC(=O)OC)s2)CCNCC1. The average molecular weight is 356 g/mol. The van der Waals surface area contributed by atoms with Crippen molar-refractivity contribution in [3.8, 4) is 0 Å². The van der Waals surface area contributed by atoms with Gasteiger partial charge in [-0.2, -0.15) is 0 Å². The number of aromatic nitrogens is 2. The van der Waals surface area contributed by atoms with Crippen LogP contribution in [0.2, 0.25) is 0 Å². The van der Waals surface area contributed by atoms with Crippen molar-refractivity contribution >= 4 is 28.3 Å². The lowest BCUT2D eigenvalue weighted by Gasteiger charge is -2.35. The van der Waals surface area contributed by atoms with Crippen molar-refractivity contribution in [1.29, 1.82) is 0 Å². The molecule has 1 saturated heterocycles. The molecular formula is C15H24N4O4S. The van der Waals surface area contributed by atoms with Crippen LogP contribution in [0, 0.1) is 5.41 Å². The normalized spacial score (nSPS) is 16.6. The zero-order chi connectivity index (χ0) is 17.4. The molecule has 2 rings (SSSR count). The number of anilines is 1. The van der Waals surface area contributed by atoms with Crippen molar-refractivity contribution in [3.05, 3.63) is 5.01 Å². The molecule has 24 heavy (non-hydrogen) atoms. The van der Waals surface area contributed by atoms with Gasteiger partial charge in [0.15, 0.2) is 0 Å². The zero-order valence-corrected chi connectivity index (χ0v) is 14.9. The molecule has 0 spiro atoms. The van der Waals surface area contributed by atoms with Gasteiger partial charge in [0.05, 0.1) is 19.1 Å². The fourth-order valence-corrected chi connectivity index (χ4v) is 3.52. The van der Waals surface area contributed by atoms with Crippen LogP contribution in [-0.2, 0) is 25.5 Å². The van der Waals surface area contributed by atoms with Gasteiger partial charge in [0.1, 0.15) is 5.01 Å². The molecule has 1 amide bonds. The van der Waals surface area contributed by atoms with Crippen molar-refractivity contribution in [2.75, 3.05) is 39.2 Å². The number of carbonyl (C=O) groups excluding carboxylic acids is 2. The quantitative estimate of drug-likeness (QED) is 0.670. The molecule has 0 aliphatic carbocycles. The number of piperidine rings is 1. The van der Waals surface area contributed by atoms with E-state index in [0.717, 1.165) is 30.9 Å². The van der Waals surface area contributed by atoms with Crippen LogP contribution in [0.5, 0.6) is 0 Å². The molecular weight excluding hydrogens is 332 g/mol. The Morgan fingerprint density at radius 2 is 2.04 bits per heavy atom. The first-order valence-corrected chi connectivity index (χ1v) is 8.81. The van der Waals surface area contributed by atoms with Crippen LogP contribution in [0.4, 0.5) is 5.13 Å². The number of hydrogen-bond donors (Lipinski definition) is 2. The minimum Gasteiger partial charge on any atom is -0.469 e. The summed E-state index contributed by atoms with van der Waals surface area (Å²) in [4.78, 5) is 23.8. The van der Waals surface area contributed by atoms with Gasteiger partial charge in [-0.3, -0.25) is 14.9 Å². The van der Waals surface area contributed by atoms with Crippen LogP contribution in [0.1, 0.15) is 30.7 Å². The summed E-state index contributed by atoms with van der Waals surface area (Å²) in [6.07, 6.45) is 3.10. The Hall–Kier alpha value is -1.58. The minimum atomic E-state index is -0.517. The number of carbonyl (C=O) groups is 2. The van der Waals surface area contributed by atoms with E-state index in [0.29, 0.717) is 31.0 Å². The van der Waals surface area contributed by atoms with E-state index in [2.05, 4.69) is 25.6 Å². The van der Waals surface area contributed by atoms with Crippen LogP contribution in [0.3, 0.4) is 0 Å². The number of amides is 1. The van der Waals surface area contributed by atoms with Gasteiger partial charge in [-0.05, 0) is 32.4 Å². The summed E-state index contributed by atoms with van der Waals surface area (Å²) in [5.74, 6) is -0.302. The second kappa shape index (κ2) is 9.05. The molecule has 9 heteroatoms. The predicted molar refractivity (Wildman–Crippen MR) is 89.9 cm³/mol. The van der Waals surface area contributed by atoms with E-state index >= 15 is 0 Å². The van der Waals surface area contributed by atoms with Gasteiger partial charge in [-0.1, -0.05) is 11.3 Å².